The van der Waals surface area contributed by atoms with Gasteiger partial charge in [-0.05, 0) is 35.6 Å². The van der Waals surface area contributed by atoms with Crippen LogP contribution in [0.5, 0.6) is 0 Å². The summed E-state index contributed by atoms with van der Waals surface area (Å²) in [4.78, 5) is 4.19. The molecule has 0 aliphatic heterocycles. The molecule has 2 rings (SSSR count). The number of aromatic nitrogens is 3. The number of hydrogen-bond donors (Lipinski definition) is 0. The zero-order chi connectivity index (χ0) is 8.72. The van der Waals surface area contributed by atoms with E-state index in [4.69, 9.17) is 11.6 Å². The molecular weight excluding hydrogens is 288 g/mol. The van der Waals surface area contributed by atoms with Gasteiger partial charge in [-0.15, -0.1) is 0 Å². The molecule has 0 aliphatic rings. The van der Waals surface area contributed by atoms with E-state index in [0.717, 1.165) is 15.0 Å². The van der Waals surface area contributed by atoms with Gasteiger partial charge in [-0.1, -0.05) is 11.6 Å². The molecule has 0 atom stereocenters. The number of pyridine rings is 1. The second kappa shape index (κ2) is 2.85. The standard InChI is InChI=1S/C7H5ClIN3/c1-4-10-7-6(8)5(9)2-3-12(7)11-4/h2-3H,1H3. The second-order valence-corrected chi connectivity index (χ2v) is 3.95. The van der Waals surface area contributed by atoms with E-state index in [2.05, 4.69) is 32.7 Å². The zero-order valence-electron chi connectivity index (χ0n) is 6.25. The third-order valence-electron chi connectivity index (χ3n) is 1.51. The van der Waals surface area contributed by atoms with Crippen LogP contribution >= 0.6 is 34.2 Å². The fourth-order valence-electron chi connectivity index (χ4n) is 1.000. The van der Waals surface area contributed by atoms with Crippen molar-refractivity contribution in [2.24, 2.45) is 0 Å². The first kappa shape index (κ1) is 8.25. The van der Waals surface area contributed by atoms with Gasteiger partial charge in [0, 0.05) is 9.77 Å². The molecule has 3 nitrogen and oxygen atoms in total. The lowest BCUT2D eigenvalue weighted by Gasteiger charge is -1.95. The molecule has 0 amide bonds. The van der Waals surface area contributed by atoms with Gasteiger partial charge in [0.1, 0.15) is 5.82 Å². The van der Waals surface area contributed by atoms with E-state index in [1.807, 2.05) is 19.2 Å². The number of hydrogen-bond acceptors (Lipinski definition) is 2. The number of fused-ring (bicyclic) bond motifs is 1. The third-order valence-corrected chi connectivity index (χ3v) is 3.10. The van der Waals surface area contributed by atoms with Crippen LogP contribution < -0.4 is 0 Å². The first-order chi connectivity index (χ1) is 5.68. The summed E-state index contributed by atoms with van der Waals surface area (Å²) >= 11 is 8.18. The topological polar surface area (TPSA) is 30.2 Å². The fraction of sp³-hybridized carbons (Fsp3) is 0.143. The molecule has 0 aliphatic carbocycles. The molecule has 5 heteroatoms. The molecule has 0 saturated heterocycles. The molecule has 0 fully saturated rings. The minimum atomic E-state index is 0.665. The second-order valence-electron chi connectivity index (χ2n) is 2.40. The highest BCUT2D eigenvalue weighted by Gasteiger charge is 2.06. The van der Waals surface area contributed by atoms with E-state index in [0.29, 0.717) is 5.02 Å². The SMILES string of the molecule is Cc1nc2c(Cl)c(I)ccn2n1. The first-order valence-corrected chi connectivity index (χ1v) is 4.81. The van der Waals surface area contributed by atoms with Crippen LogP contribution in [0, 0.1) is 10.5 Å². The summed E-state index contributed by atoms with van der Waals surface area (Å²) in [6.45, 7) is 1.84. The van der Waals surface area contributed by atoms with Gasteiger partial charge in [-0.2, -0.15) is 5.10 Å². The Morgan fingerprint density at radius 2 is 2.33 bits per heavy atom. The summed E-state index contributed by atoms with van der Waals surface area (Å²) in [7, 11) is 0. The quantitative estimate of drug-likeness (QED) is 0.698. The third kappa shape index (κ3) is 1.19. The predicted molar refractivity (Wildman–Crippen MR) is 55.5 cm³/mol. The van der Waals surface area contributed by atoms with Crippen molar-refractivity contribution in [3.8, 4) is 0 Å². The molecule has 0 unspecified atom stereocenters. The molecular formula is C7H5ClIN3. The smallest absolute Gasteiger partial charge is 0.175 e. The highest BCUT2D eigenvalue weighted by atomic mass is 127. The maximum Gasteiger partial charge on any atom is 0.175 e. The molecule has 0 radical (unpaired) electrons. The van der Waals surface area contributed by atoms with Gasteiger partial charge >= 0.3 is 0 Å². The first-order valence-electron chi connectivity index (χ1n) is 3.35. The maximum absolute atomic E-state index is 6.01. The van der Waals surface area contributed by atoms with Crippen molar-refractivity contribution >= 4 is 39.8 Å². The molecule has 2 aromatic rings. The summed E-state index contributed by atoms with van der Waals surface area (Å²) < 4.78 is 2.67. The Morgan fingerprint density at radius 3 is 3.08 bits per heavy atom. The van der Waals surface area contributed by atoms with E-state index in [-0.39, 0.29) is 0 Å². The minimum Gasteiger partial charge on any atom is -0.219 e. The molecule has 2 aromatic heterocycles. The lowest BCUT2D eigenvalue weighted by atomic mass is 10.5. The van der Waals surface area contributed by atoms with Crippen molar-refractivity contribution < 1.29 is 0 Å². The fourth-order valence-corrected chi connectivity index (χ4v) is 1.59. The maximum atomic E-state index is 6.01. The predicted octanol–water partition coefficient (Wildman–Crippen LogP) is 2.30. The average Bonchev–Trinajstić information content (AvgIpc) is 2.39. The van der Waals surface area contributed by atoms with Crippen LogP contribution in [0.4, 0.5) is 0 Å². The molecule has 0 aromatic carbocycles. The monoisotopic (exact) mass is 293 g/mol. The Bertz CT molecular complexity index is 437. The van der Waals surface area contributed by atoms with Gasteiger partial charge in [0.15, 0.2) is 5.65 Å². The lowest BCUT2D eigenvalue weighted by molar-refractivity contribution is 0.929. The van der Waals surface area contributed by atoms with Gasteiger partial charge < -0.3 is 0 Å². The molecule has 0 bridgehead atoms. The summed E-state index contributed by atoms with van der Waals surface area (Å²) in [5.74, 6) is 0.735. The van der Waals surface area contributed by atoms with Gasteiger partial charge in [-0.25, -0.2) is 9.50 Å². The van der Waals surface area contributed by atoms with E-state index < -0.39 is 0 Å². The van der Waals surface area contributed by atoms with Crippen LogP contribution in [-0.4, -0.2) is 14.6 Å². The Kier molecular flexibility index (Phi) is 1.96. The van der Waals surface area contributed by atoms with Crippen molar-refractivity contribution in [2.45, 2.75) is 6.92 Å². The Hall–Kier alpha value is -0.360. The normalized spacial score (nSPS) is 10.9. The number of nitrogens with zero attached hydrogens (tertiary/aromatic N) is 3. The number of rotatable bonds is 0. The van der Waals surface area contributed by atoms with E-state index in [1.165, 1.54) is 0 Å². The summed E-state index contributed by atoms with van der Waals surface area (Å²) in [6, 6.07) is 1.91. The Labute approximate surface area is 87.9 Å². The van der Waals surface area contributed by atoms with Crippen molar-refractivity contribution in [3.05, 3.63) is 26.7 Å². The number of halogens is 2. The number of aryl methyl sites for hydroxylation is 1. The van der Waals surface area contributed by atoms with Gasteiger partial charge in [0.2, 0.25) is 0 Å². The minimum absolute atomic E-state index is 0.665. The highest BCUT2D eigenvalue weighted by Crippen LogP contribution is 2.21. The zero-order valence-corrected chi connectivity index (χ0v) is 9.17. The van der Waals surface area contributed by atoms with Crippen molar-refractivity contribution in [3.63, 3.8) is 0 Å². The summed E-state index contributed by atoms with van der Waals surface area (Å²) in [6.07, 6.45) is 1.85. The van der Waals surface area contributed by atoms with Crippen LogP contribution in [0.1, 0.15) is 5.82 Å². The lowest BCUT2D eigenvalue weighted by Crippen LogP contribution is -1.88. The van der Waals surface area contributed by atoms with E-state index >= 15 is 0 Å². The summed E-state index contributed by atoms with van der Waals surface area (Å²) in [5.41, 5.74) is 0.723. The van der Waals surface area contributed by atoms with Crippen molar-refractivity contribution in [1.82, 2.24) is 14.6 Å². The summed E-state index contributed by atoms with van der Waals surface area (Å²) in [5, 5.41) is 4.80. The largest absolute Gasteiger partial charge is 0.219 e. The molecule has 12 heavy (non-hydrogen) atoms. The molecule has 2 heterocycles. The van der Waals surface area contributed by atoms with E-state index in [1.54, 1.807) is 4.52 Å². The van der Waals surface area contributed by atoms with Gasteiger partial charge in [0.25, 0.3) is 0 Å². The molecule has 62 valence electrons. The van der Waals surface area contributed by atoms with Gasteiger partial charge in [-0.3, -0.25) is 0 Å². The van der Waals surface area contributed by atoms with Crippen LogP contribution in [0.25, 0.3) is 5.65 Å². The molecule has 0 spiro atoms. The van der Waals surface area contributed by atoms with Gasteiger partial charge in [0.05, 0.1) is 5.02 Å². The van der Waals surface area contributed by atoms with Crippen LogP contribution in [0.15, 0.2) is 12.3 Å². The average molecular weight is 293 g/mol. The molecule has 0 N–H and O–H groups in total. The molecule has 0 saturated carbocycles. The highest BCUT2D eigenvalue weighted by molar-refractivity contribution is 14.1. The Morgan fingerprint density at radius 1 is 1.58 bits per heavy atom. The van der Waals surface area contributed by atoms with Crippen LogP contribution in [-0.2, 0) is 0 Å². The van der Waals surface area contributed by atoms with Crippen LogP contribution in [0.3, 0.4) is 0 Å². The van der Waals surface area contributed by atoms with Crippen LogP contribution in [0.2, 0.25) is 5.02 Å². The van der Waals surface area contributed by atoms with Crippen molar-refractivity contribution in [2.75, 3.05) is 0 Å². The van der Waals surface area contributed by atoms with E-state index in [9.17, 15) is 0 Å². The van der Waals surface area contributed by atoms with Crippen molar-refractivity contribution in [1.29, 1.82) is 0 Å². The Balaban J connectivity index is 2.89.